The Hall–Kier alpha value is -2.24. The second kappa shape index (κ2) is 18.6. The summed E-state index contributed by atoms with van der Waals surface area (Å²) in [6.45, 7) is 26.1. The topological polar surface area (TPSA) is 185 Å². The van der Waals surface area contributed by atoms with Crippen molar-refractivity contribution in [1.82, 2.24) is 16.0 Å². The van der Waals surface area contributed by atoms with E-state index in [4.69, 9.17) is 0 Å². The molecule has 0 amide bonds. The maximum atomic E-state index is 15.5. The van der Waals surface area contributed by atoms with Crippen LogP contribution in [0, 0.1) is 34.0 Å². The summed E-state index contributed by atoms with van der Waals surface area (Å²) in [7, 11) is 0. The van der Waals surface area contributed by atoms with Gasteiger partial charge >= 0.3 is 23.9 Å². The number of hydrogen-bond acceptors (Lipinski definition) is 7. The summed E-state index contributed by atoms with van der Waals surface area (Å²) in [6, 6.07) is 0. The lowest BCUT2D eigenvalue weighted by Gasteiger charge is -2.68. The van der Waals surface area contributed by atoms with Gasteiger partial charge in [0.15, 0.2) is 0 Å². The third-order valence-electron chi connectivity index (χ3n) is 14.6. The van der Waals surface area contributed by atoms with Gasteiger partial charge in [0.1, 0.15) is 5.41 Å². The minimum atomic E-state index is -2.55. The van der Waals surface area contributed by atoms with E-state index in [1.807, 2.05) is 83.1 Å². The predicted molar refractivity (Wildman–Crippen MR) is 236 cm³/mol. The molecule has 0 bridgehead atoms. The van der Waals surface area contributed by atoms with Gasteiger partial charge in [-0.05, 0) is 146 Å². The van der Waals surface area contributed by atoms with E-state index in [1.54, 1.807) is 0 Å². The highest BCUT2D eigenvalue weighted by molar-refractivity contribution is 5.96. The third-order valence-corrected chi connectivity index (χ3v) is 14.6. The second-order valence-electron chi connectivity index (χ2n) is 23.5. The first-order valence-electron chi connectivity index (χ1n) is 23.2. The summed E-state index contributed by atoms with van der Waals surface area (Å²) in [5.41, 5.74) is -11.2. The fraction of sp³-hybridized carbons (Fsp3) is 0.917. The first-order valence-corrected chi connectivity index (χ1v) is 23.2. The molecular weight excluding hydrogens is 747 g/mol. The quantitative estimate of drug-likeness (QED) is 0.0515. The second-order valence-corrected chi connectivity index (χ2v) is 23.5. The Morgan fingerprint density at radius 1 is 0.458 bits per heavy atom. The highest BCUT2D eigenvalue weighted by Crippen LogP contribution is 2.72. The van der Waals surface area contributed by atoms with E-state index >= 15 is 9.59 Å². The molecule has 0 aromatic carbocycles. The number of rotatable bonds is 22. The van der Waals surface area contributed by atoms with Crippen molar-refractivity contribution in [2.45, 2.75) is 245 Å². The van der Waals surface area contributed by atoms with Crippen LogP contribution in [0.15, 0.2) is 0 Å². The van der Waals surface area contributed by atoms with Crippen molar-refractivity contribution in [2.24, 2.45) is 34.0 Å². The summed E-state index contributed by atoms with van der Waals surface area (Å²) in [6.07, 6.45) is 11.1. The molecule has 59 heavy (non-hydrogen) atoms. The van der Waals surface area contributed by atoms with Crippen molar-refractivity contribution >= 4 is 23.9 Å². The maximum absolute atomic E-state index is 15.5. The molecule has 0 saturated carbocycles. The molecule has 11 nitrogen and oxygen atoms in total. The van der Waals surface area contributed by atoms with Crippen LogP contribution in [-0.4, -0.2) is 77.5 Å². The predicted octanol–water partition coefficient (Wildman–Crippen LogP) is 10.0. The molecule has 7 N–H and O–H groups in total. The van der Waals surface area contributed by atoms with Crippen molar-refractivity contribution in [3.05, 3.63) is 0 Å². The van der Waals surface area contributed by atoms with Crippen LogP contribution in [0.4, 0.5) is 0 Å². The molecule has 2 unspecified atom stereocenters. The monoisotopic (exact) mass is 834 g/mol. The highest BCUT2D eigenvalue weighted by Gasteiger charge is 2.81. The number of aliphatic carboxylic acids is 4. The Bertz CT molecular complexity index is 1400. The Kier molecular flexibility index (Phi) is 16.1. The van der Waals surface area contributed by atoms with Crippen LogP contribution in [0.25, 0.3) is 0 Å². The number of nitrogens with one attached hydrogen (secondary N) is 3. The van der Waals surface area contributed by atoms with Gasteiger partial charge in [0, 0.05) is 33.2 Å². The van der Waals surface area contributed by atoms with Crippen LogP contribution >= 0.6 is 0 Å². The minimum Gasteiger partial charge on any atom is -0.481 e. The first-order chi connectivity index (χ1) is 26.9. The number of unbranched alkanes of at least 4 members (excludes halogenated alkanes) is 10. The lowest BCUT2D eigenvalue weighted by molar-refractivity contribution is -0.246. The van der Waals surface area contributed by atoms with Crippen LogP contribution in [0.3, 0.4) is 0 Å². The van der Waals surface area contributed by atoms with Crippen LogP contribution < -0.4 is 16.0 Å². The zero-order valence-corrected chi connectivity index (χ0v) is 39.6. The molecule has 0 aromatic rings. The lowest BCUT2D eigenvalue weighted by Crippen LogP contribution is -2.77. The Morgan fingerprint density at radius 3 is 1.03 bits per heavy atom. The van der Waals surface area contributed by atoms with Crippen LogP contribution in [0.1, 0.15) is 212 Å². The van der Waals surface area contributed by atoms with Gasteiger partial charge < -0.3 is 36.4 Å². The Balaban J connectivity index is 2.50. The fourth-order valence-corrected chi connectivity index (χ4v) is 14.2. The summed E-state index contributed by atoms with van der Waals surface area (Å²) in [4.78, 5) is 59.1. The molecule has 0 aromatic heterocycles. The molecule has 3 saturated heterocycles. The lowest BCUT2D eigenvalue weighted by atomic mass is 9.34. The third kappa shape index (κ3) is 11.4. The number of hydrogen-bond donors (Lipinski definition) is 7. The van der Waals surface area contributed by atoms with Gasteiger partial charge in [-0.15, -0.1) is 0 Å². The number of carboxylic acid groups (broad SMARTS) is 4. The highest BCUT2D eigenvalue weighted by atomic mass is 16.4. The molecule has 2 atom stereocenters. The van der Waals surface area contributed by atoms with Gasteiger partial charge in [-0.1, -0.05) is 77.6 Å². The minimum absolute atomic E-state index is 0.167. The van der Waals surface area contributed by atoms with Crippen LogP contribution in [-0.2, 0) is 19.2 Å². The van der Waals surface area contributed by atoms with Crippen molar-refractivity contribution in [3.63, 3.8) is 0 Å². The van der Waals surface area contributed by atoms with Crippen molar-refractivity contribution in [3.8, 4) is 0 Å². The van der Waals surface area contributed by atoms with E-state index in [9.17, 15) is 30.0 Å². The summed E-state index contributed by atoms with van der Waals surface area (Å²) in [5.74, 6) is -8.40. The molecule has 3 aliphatic heterocycles. The Morgan fingerprint density at radius 2 is 0.763 bits per heavy atom. The van der Waals surface area contributed by atoms with Crippen LogP contribution in [0.5, 0.6) is 0 Å². The molecule has 3 heterocycles. The summed E-state index contributed by atoms with van der Waals surface area (Å²) >= 11 is 0. The van der Waals surface area contributed by atoms with Gasteiger partial charge in [0.2, 0.25) is 0 Å². The number of carboxylic acids is 4. The van der Waals surface area contributed by atoms with E-state index in [0.717, 1.165) is 25.7 Å². The largest absolute Gasteiger partial charge is 0.481 e. The van der Waals surface area contributed by atoms with E-state index in [2.05, 4.69) is 22.9 Å². The average molecular weight is 834 g/mol. The average Bonchev–Trinajstić information content (AvgIpc) is 3.00. The smallest absolute Gasteiger partial charge is 0.312 e. The van der Waals surface area contributed by atoms with E-state index in [1.165, 1.54) is 32.1 Å². The van der Waals surface area contributed by atoms with Crippen molar-refractivity contribution in [2.75, 3.05) is 0 Å². The molecular formula is C48H87N3O8. The zero-order chi connectivity index (χ0) is 45.1. The maximum Gasteiger partial charge on any atom is 0.312 e. The normalized spacial score (nSPS) is 25.0. The van der Waals surface area contributed by atoms with Gasteiger partial charge in [0.25, 0.3) is 0 Å². The summed E-state index contributed by atoms with van der Waals surface area (Å²) < 4.78 is 0. The van der Waals surface area contributed by atoms with Gasteiger partial charge in [-0.3, -0.25) is 19.2 Å². The van der Waals surface area contributed by atoms with Gasteiger partial charge in [-0.25, -0.2) is 0 Å². The molecule has 3 fully saturated rings. The van der Waals surface area contributed by atoms with Crippen molar-refractivity contribution in [1.29, 1.82) is 0 Å². The number of piperidine rings is 3. The van der Waals surface area contributed by atoms with Crippen molar-refractivity contribution < 1.29 is 39.6 Å². The molecule has 3 aliphatic rings. The molecule has 0 aliphatic carbocycles. The fourth-order valence-electron chi connectivity index (χ4n) is 14.2. The van der Waals surface area contributed by atoms with Crippen LogP contribution in [0.2, 0.25) is 0 Å². The summed E-state index contributed by atoms with van der Waals surface area (Å²) in [5, 5.41) is 59.1. The van der Waals surface area contributed by atoms with E-state index < -0.39 is 97.5 Å². The molecule has 3 rings (SSSR count). The molecule has 0 radical (unpaired) electrons. The SMILES string of the molecule is CCCCCCCCCCCCCC(CC(=O)O)(C(=O)O)C(C(=O)O)(C1CC(C)(C)NC(C)(C)C1)C(C(=O)O)(C1CC(C)(C)NC(C)(C)C1)C1CC(C)(C)NC(C)(C)C1. The molecule has 0 spiro atoms. The first kappa shape index (κ1) is 51.1. The van der Waals surface area contributed by atoms with E-state index in [0.29, 0.717) is 6.42 Å². The molecule has 11 heteroatoms. The number of carbonyl (C=O) groups is 4. The zero-order valence-electron chi connectivity index (χ0n) is 39.6. The Labute approximate surface area is 357 Å². The molecule has 342 valence electrons. The van der Waals surface area contributed by atoms with Gasteiger partial charge in [-0.2, -0.15) is 0 Å². The van der Waals surface area contributed by atoms with E-state index in [-0.39, 0.29) is 51.4 Å². The van der Waals surface area contributed by atoms with Gasteiger partial charge in [0.05, 0.1) is 17.3 Å². The standard InChI is InChI=1S/C48H87N3O8/c1-14-15-16-17-18-19-20-21-22-23-24-25-46(37(54)55,32-36(52)53)48(39(58)59,35-30-44(10,11)51-45(12,13)31-35)47(38(56)57,33-26-40(2,3)49-41(4,5)27-33)34-28-42(6,7)50-43(8,9)29-34/h33-35,49-51H,14-32H2,1-13H3,(H,52,53)(H,54,55)(H,56,57)(H,58,59).